The Morgan fingerprint density at radius 2 is 1.30 bits per heavy atom. The molecular weight excluding hydrogens is 370 g/mol. The minimum atomic E-state index is -0.409. The fourth-order valence-electron chi connectivity index (χ4n) is 4.49. The molecule has 0 aliphatic carbocycles. The molecule has 1 rings (SSSR count). The first-order chi connectivity index (χ1) is 13.3. The van der Waals surface area contributed by atoms with Gasteiger partial charge in [0.2, 0.25) is 0 Å². The van der Waals surface area contributed by atoms with Crippen molar-refractivity contribution in [2.45, 2.75) is 107 Å². The van der Waals surface area contributed by atoms with Crippen LogP contribution in [0.2, 0.25) is 0 Å². The van der Waals surface area contributed by atoms with Crippen molar-refractivity contribution in [1.82, 2.24) is 4.98 Å². The van der Waals surface area contributed by atoms with Crippen molar-refractivity contribution in [2.24, 2.45) is 10.8 Å². The number of rotatable bonds is 7. The number of allylic oxidation sites excluding steroid dienone is 2. The van der Waals surface area contributed by atoms with Crippen molar-refractivity contribution in [3.05, 3.63) is 40.7 Å². The van der Waals surface area contributed by atoms with Crippen LogP contribution in [0.4, 0.5) is 0 Å². The molecule has 0 aliphatic heterocycles. The topological polar surface area (TPSA) is 47.0 Å². The van der Waals surface area contributed by atoms with Gasteiger partial charge in [0.25, 0.3) is 0 Å². The van der Waals surface area contributed by atoms with Gasteiger partial charge in [-0.3, -0.25) is 14.6 Å². The molecule has 0 aromatic carbocycles. The molecule has 3 heteroatoms. The predicted octanol–water partition coefficient (Wildman–Crippen LogP) is 6.98. The lowest BCUT2D eigenvalue weighted by Crippen LogP contribution is -2.32. The first-order valence-corrected chi connectivity index (χ1v) is 11.1. The third-order valence-corrected chi connectivity index (χ3v) is 6.01. The van der Waals surface area contributed by atoms with Gasteiger partial charge in [0.1, 0.15) is 0 Å². The average molecular weight is 414 g/mol. The third kappa shape index (κ3) is 6.12. The second kappa shape index (κ2) is 8.77. The van der Waals surface area contributed by atoms with Gasteiger partial charge in [-0.15, -0.1) is 0 Å². The number of pyridine rings is 1. The summed E-state index contributed by atoms with van der Waals surface area (Å²) < 4.78 is 0. The average Bonchev–Trinajstić information content (AvgIpc) is 2.55. The lowest BCUT2D eigenvalue weighted by atomic mass is 9.67. The summed E-state index contributed by atoms with van der Waals surface area (Å²) in [6.45, 7) is 24.5. The van der Waals surface area contributed by atoms with Crippen molar-refractivity contribution in [2.75, 3.05) is 0 Å². The van der Waals surface area contributed by atoms with Crippen LogP contribution in [0.5, 0.6) is 0 Å². The molecule has 1 aromatic heterocycles. The van der Waals surface area contributed by atoms with E-state index in [-0.39, 0.29) is 27.8 Å². The monoisotopic (exact) mass is 413 g/mol. The van der Waals surface area contributed by atoms with E-state index in [4.69, 9.17) is 4.98 Å². The first kappa shape index (κ1) is 26.3. The van der Waals surface area contributed by atoms with Gasteiger partial charge in [0.05, 0.1) is 0 Å². The van der Waals surface area contributed by atoms with Crippen LogP contribution >= 0.6 is 0 Å². The fraction of sp³-hybridized carbons (Fsp3) is 0.667. The highest BCUT2D eigenvalue weighted by molar-refractivity contribution is 6.06. The summed E-state index contributed by atoms with van der Waals surface area (Å²) in [7, 11) is 0. The number of nitrogens with zero attached hydrogens (tertiary/aromatic N) is 1. The van der Waals surface area contributed by atoms with Crippen LogP contribution in [-0.2, 0) is 20.4 Å². The van der Waals surface area contributed by atoms with Crippen molar-refractivity contribution in [3.8, 4) is 0 Å². The van der Waals surface area contributed by atoms with Gasteiger partial charge in [-0.05, 0) is 54.6 Å². The van der Waals surface area contributed by atoms with E-state index in [0.29, 0.717) is 11.1 Å². The number of aromatic nitrogens is 1. The lowest BCUT2D eigenvalue weighted by Gasteiger charge is -2.37. The van der Waals surface area contributed by atoms with Gasteiger partial charge >= 0.3 is 0 Å². The zero-order chi connectivity index (χ0) is 23.7. The number of hydrogen-bond donors (Lipinski definition) is 0. The van der Waals surface area contributed by atoms with Crippen LogP contribution in [0.3, 0.4) is 0 Å². The molecule has 168 valence electrons. The summed E-state index contributed by atoms with van der Waals surface area (Å²) in [6, 6.07) is 4.17. The van der Waals surface area contributed by atoms with E-state index in [0.717, 1.165) is 18.5 Å². The molecule has 0 saturated carbocycles. The Bertz CT molecular complexity index is 827. The summed E-state index contributed by atoms with van der Waals surface area (Å²) in [5, 5.41) is 0. The molecule has 0 spiro atoms. The fourth-order valence-corrected chi connectivity index (χ4v) is 4.49. The molecule has 0 bridgehead atoms. The smallest absolute Gasteiger partial charge is 0.156 e. The van der Waals surface area contributed by atoms with Gasteiger partial charge in [0, 0.05) is 28.5 Å². The van der Waals surface area contributed by atoms with Gasteiger partial charge in [-0.1, -0.05) is 75.3 Å². The Morgan fingerprint density at radius 1 is 0.800 bits per heavy atom. The minimum Gasteiger partial charge on any atom is -0.295 e. The van der Waals surface area contributed by atoms with Crippen molar-refractivity contribution < 1.29 is 9.59 Å². The van der Waals surface area contributed by atoms with Crippen LogP contribution in [0.25, 0.3) is 0 Å². The summed E-state index contributed by atoms with van der Waals surface area (Å²) >= 11 is 0. The minimum absolute atomic E-state index is 0.00820. The largest absolute Gasteiger partial charge is 0.295 e. The zero-order valence-electron chi connectivity index (χ0n) is 21.4. The van der Waals surface area contributed by atoms with E-state index in [1.165, 1.54) is 5.56 Å². The molecule has 1 heterocycles. The quantitative estimate of drug-likeness (QED) is 0.453. The van der Waals surface area contributed by atoms with Crippen LogP contribution in [0, 0.1) is 10.8 Å². The Kier molecular flexibility index (Phi) is 7.67. The van der Waals surface area contributed by atoms with E-state index >= 15 is 0 Å². The molecule has 30 heavy (non-hydrogen) atoms. The van der Waals surface area contributed by atoms with Gasteiger partial charge in [-0.2, -0.15) is 0 Å². The maximum atomic E-state index is 12.7. The summed E-state index contributed by atoms with van der Waals surface area (Å²) in [5.74, 6) is -0.0223. The maximum absolute atomic E-state index is 12.7. The first-order valence-electron chi connectivity index (χ1n) is 11.1. The van der Waals surface area contributed by atoms with Crippen LogP contribution in [0.1, 0.15) is 107 Å². The molecule has 0 N–H and O–H groups in total. The van der Waals surface area contributed by atoms with E-state index in [1.807, 2.05) is 33.0 Å². The maximum Gasteiger partial charge on any atom is 0.156 e. The second-order valence-corrected chi connectivity index (χ2v) is 12.0. The highest BCUT2D eigenvalue weighted by Crippen LogP contribution is 2.44. The zero-order valence-corrected chi connectivity index (χ0v) is 21.4. The normalized spacial score (nSPS) is 14.4. The Hall–Kier alpha value is -1.77. The standard InChI is InChI=1S/C27H43NO2/c1-18(29)21(25(6,7)8)22(19(2)30)26(9,10)15-16-27(11,12)23-20(24(3,4)5)14-13-17-28-23/h13-14,17H,15-16H2,1-12H3/b22-21-. The highest BCUT2D eigenvalue weighted by atomic mass is 16.1. The van der Waals surface area contributed by atoms with Gasteiger partial charge in [0.15, 0.2) is 11.6 Å². The molecule has 0 aliphatic rings. The van der Waals surface area contributed by atoms with Crippen molar-refractivity contribution in [1.29, 1.82) is 0 Å². The van der Waals surface area contributed by atoms with Crippen molar-refractivity contribution in [3.63, 3.8) is 0 Å². The van der Waals surface area contributed by atoms with Crippen LogP contribution in [-0.4, -0.2) is 16.6 Å². The molecule has 3 nitrogen and oxygen atoms in total. The molecule has 0 amide bonds. The number of carbonyl (C=O) groups is 2. The SMILES string of the molecule is CC(=O)/C(=C(\C(C)=O)C(C)(C)CCC(C)(C)c1ncccc1C(C)(C)C)C(C)(C)C. The summed E-state index contributed by atoms with van der Waals surface area (Å²) in [4.78, 5) is 30.0. The molecule has 0 fully saturated rings. The number of carbonyl (C=O) groups excluding carboxylic acids is 2. The van der Waals surface area contributed by atoms with Crippen LogP contribution in [0.15, 0.2) is 29.5 Å². The number of ketones is 2. The molecule has 0 atom stereocenters. The lowest BCUT2D eigenvalue weighted by molar-refractivity contribution is -0.117. The Balaban J connectivity index is 3.42. The van der Waals surface area contributed by atoms with Gasteiger partial charge < -0.3 is 0 Å². The predicted molar refractivity (Wildman–Crippen MR) is 127 cm³/mol. The number of hydrogen-bond acceptors (Lipinski definition) is 3. The summed E-state index contributed by atoms with van der Waals surface area (Å²) in [6.07, 6.45) is 3.53. The Labute approximate surface area is 184 Å². The van der Waals surface area contributed by atoms with E-state index in [9.17, 15) is 9.59 Å². The van der Waals surface area contributed by atoms with E-state index in [2.05, 4.69) is 54.5 Å². The number of Topliss-reactive ketones (excluding diaryl/α,β-unsaturated/α-hetero) is 2. The summed E-state index contributed by atoms with van der Waals surface area (Å²) in [5.41, 5.74) is 2.78. The molecule has 1 aromatic rings. The molecule has 0 unspecified atom stereocenters. The molecule has 0 radical (unpaired) electrons. The van der Waals surface area contributed by atoms with E-state index in [1.54, 1.807) is 13.8 Å². The Morgan fingerprint density at radius 3 is 1.70 bits per heavy atom. The third-order valence-electron chi connectivity index (χ3n) is 6.01. The van der Waals surface area contributed by atoms with Crippen molar-refractivity contribution >= 4 is 11.6 Å². The van der Waals surface area contributed by atoms with Gasteiger partial charge in [-0.25, -0.2) is 0 Å². The second-order valence-electron chi connectivity index (χ2n) is 12.0. The van der Waals surface area contributed by atoms with E-state index < -0.39 is 5.41 Å². The highest BCUT2D eigenvalue weighted by Gasteiger charge is 2.38. The molecular formula is C27H43NO2. The molecule has 0 saturated heterocycles. The van der Waals surface area contributed by atoms with Crippen LogP contribution < -0.4 is 0 Å².